The van der Waals surface area contributed by atoms with Gasteiger partial charge in [-0.3, -0.25) is 4.90 Å². The van der Waals surface area contributed by atoms with Crippen LogP contribution in [0.4, 0.5) is 0 Å². The molecule has 0 amide bonds. The molecule has 1 N–H and O–H groups in total. The molecule has 2 heterocycles. The van der Waals surface area contributed by atoms with Crippen molar-refractivity contribution in [3.05, 3.63) is 0 Å². The van der Waals surface area contributed by atoms with E-state index in [1.165, 1.54) is 51.6 Å². The zero-order valence-electron chi connectivity index (χ0n) is 10.3. The molecule has 3 heteroatoms. The number of nitrogens with one attached hydrogen (secondary N) is 1. The highest BCUT2D eigenvalue weighted by Crippen LogP contribution is 2.35. The molecule has 2 saturated heterocycles. The van der Waals surface area contributed by atoms with E-state index in [4.69, 9.17) is 4.74 Å². The molecule has 2 aliphatic heterocycles. The Kier molecular flexibility index (Phi) is 3.18. The highest BCUT2D eigenvalue weighted by molar-refractivity contribution is 4.98. The summed E-state index contributed by atoms with van der Waals surface area (Å²) in [6.07, 6.45) is 8.65. The van der Waals surface area contributed by atoms with Gasteiger partial charge in [-0.2, -0.15) is 0 Å². The summed E-state index contributed by atoms with van der Waals surface area (Å²) in [4.78, 5) is 2.78. The molecule has 0 bridgehead atoms. The second-order valence-corrected chi connectivity index (χ2v) is 5.63. The van der Waals surface area contributed by atoms with Crippen LogP contribution in [-0.4, -0.2) is 49.3 Å². The topological polar surface area (TPSA) is 24.5 Å². The lowest BCUT2D eigenvalue weighted by atomic mass is 9.86. The average Bonchev–Trinajstić information content (AvgIpc) is 2.84. The van der Waals surface area contributed by atoms with Gasteiger partial charge in [-0.15, -0.1) is 0 Å². The molecule has 92 valence electrons. The lowest BCUT2D eigenvalue weighted by Crippen LogP contribution is -2.54. The monoisotopic (exact) mass is 224 g/mol. The van der Waals surface area contributed by atoms with Crippen molar-refractivity contribution < 1.29 is 4.74 Å². The standard InChI is InChI=1S/C13H24N2O/c1-16-11-8-10(9-11)15-7-3-5-13(15)12-4-2-6-14-12/h10-14H,2-9H2,1H3. The van der Waals surface area contributed by atoms with Crippen LogP contribution in [0, 0.1) is 0 Å². The SMILES string of the molecule is COC1CC(N2CCCC2C2CCCN2)C1. The fourth-order valence-electron chi connectivity index (χ4n) is 3.74. The largest absolute Gasteiger partial charge is 0.381 e. The quantitative estimate of drug-likeness (QED) is 0.784. The summed E-state index contributed by atoms with van der Waals surface area (Å²) in [7, 11) is 1.85. The zero-order valence-corrected chi connectivity index (χ0v) is 10.3. The second kappa shape index (κ2) is 4.63. The van der Waals surface area contributed by atoms with Crippen molar-refractivity contribution in [1.82, 2.24) is 10.2 Å². The predicted molar refractivity (Wildman–Crippen MR) is 64.6 cm³/mol. The lowest BCUT2D eigenvalue weighted by Gasteiger charge is -2.44. The van der Waals surface area contributed by atoms with Crippen molar-refractivity contribution in [2.75, 3.05) is 20.2 Å². The third kappa shape index (κ3) is 1.89. The van der Waals surface area contributed by atoms with Gasteiger partial charge >= 0.3 is 0 Å². The van der Waals surface area contributed by atoms with Gasteiger partial charge in [-0.1, -0.05) is 0 Å². The molecule has 1 saturated carbocycles. The molecule has 0 aromatic heterocycles. The maximum absolute atomic E-state index is 5.39. The fourth-order valence-corrected chi connectivity index (χ4v) is 3.74. The minimum absolute atomic E-state index is 0.544. The van der Waals surface area contributed by atoms with Crippen LogP contribution in [-0.2, 0) is 4.74 Å². The predicted octanol–water partition coefficient (Wildman–Crippen LogP) is 1.38. The summed E-state index contributed by atoms with van der Waals surface area (Å²) in [5.74, 6) is 0. The Morgan fingerprint density at radius 2 is 2.06 bits per heavy atom. The van der Waals surface area contributed by atoms with E-state index >= 15 is 0 Å². The fraction of sp³-hybridized carbons (Fsp3) is 1.00. The lowest BCUT2D eigenvalue weighted by molar-refractivity contribution is -0.0344. The van der Waals surface area contributed by atoms with Crippen LogP contribution in [0.2, 0.25) is 0 Å². The molecule has 3 fully saturated rings. The molecular formula is C13H24N2O. The van der Waals surface area contributed by atoms with Crippen molar-refractivity contribution in [2.45, 2.75) is 62.8 Å². The number of likely N-dealkylation sites (tertiary alicyclic amines) is 1. The minimum Gasteiger partial charge on any atom is -0.381 e. The average molecular weight is 224 g/mol. The van der Waals surface area contributed by atoms with Crippen LogP contribution >= 0.6 is 0 Å². The van der Waals surface area contributed by atoms with Gasteiger partial charge in [0.05, 0.1) is 6.10 Å². The van der Waals surface area contributed by atoms with Crippen molar-refractivity contribution in [3.8, 4) is 0 Å². The molecule has 0 aromatic carbocycles. The molecule has 0 aromatic rings. The van der Waals surface area contributed by atoms with Gasteiger partial charge in [0, 0.05) is 25.2 Å². The first-order chi connectivity index (χ1) is 7.88. The molecule has 16 heavy (non-hydrogen) atoms. The maximum atomic E-state index is 5.39. The molecule has 0 spiro atoms. The minimum atomic E-state index is 0.544. The summed E-state index contributed by atoms with van der Waals surface area (Å²) < 4.78 is 5.39. The molecule has 3 aliphatic rings. The van der Waals surface area contributed by atoms with Gasteiger partial charge in [-0.05, 0) is 51.6 Å². The maximum Gasteiger partial charge on any atom is 0.0601 e. The van der Waals surface area contributed by atoms with E-state index in [1.54, 1.807) is 0 Å². The van der Waals surface area contributed by atoms with E-state index in [-0.39, 0.29) is 0 Å². The van der Waals surface area contributed by atoms with Gasteiger partial charge in [-0.25, -0.2) is 0 Å². The number of hydrogen-bond acceptors (Lipinski definition) is 3. The number of hydrogen-bond donors (Lipinski definition) is 1. The first-order valence-corrected chi connectivity index (χ1v) is 6.90. The van der Waals surface area contributed by atoms with Gasteiger partial charge in [0.15, 0.2) is 0 Å². The Balaban J connectivity index is 1.57. The van der Waals surface area contributed by atoms with Crippen LogP contribution < -0.4 is 5.32 Å². The number of rotatable bonds is 3. The normalized spacial score (nSPS) is 44.8. The molecule has 0 radical (unpaired) electrons. The van der Waals surface area contributed by atoms with Crippen LogP contribution in [0.3, 0.4) is 0 Å². The van der Waals surface area contributed by atoms with Crippen LogP contribution in [0.1, 0.15) is 38.5 Å². The summed E-state index contributed by atoms with van der Waals surface area (Å²) in [5, 5.41) is 3.68. The molecule has 1 aliphatic carbocycles. The molecule has 2 unspecified atom stereocenters. The third-order valence-electron chi connectivity index (χ3n) is 4.78. The Morgan fingerprint density at radius 3 is 2.75 bits per heavy atom. The second-order valence-electron chi connectivity index (χ2n) is 5.63. The molecule has 2 atom stereocenters. The van der Waals surface area contributed by atoms with Crippen LogP contribution in [0.25, 0.3) is 0 Å². The summed E-state index contributed by atoms with van der Waals surface area (Å²) in [6, 6.07) is 2.43. The van der Waals surface area contributed by atoms with E-state index in [1.807, 2.05) is 7.11 Å². The Bertz CT molecular complexity index is 234. The first kappa shape index (κ1) is 11.0. The van der Waals surface area contributed by atoms with Gasteiger partial charge in [0.2, 0.25) is 0 Å². The van der Waals surface area contributed by atoms with E-state index in [2.05, 4.69) is 10.2 Å². The van der Waals surface area contributed by atoms with Gasteiger partial charge in [0.1, 0.15) is 0 Å². The Morgan fingerprint density at radius 1 is 1.19 bits per heavy atom. The Hall–Kier alpha value is -0.120. The summed E-state index contributed by atoms with van der Waals surface area (Å²) in [5.41, 5.74) is 0. The highest BCUT2D eigenvalue weighted by Gasteiger charge is 2.41. The third-order valence-corrected chi connectivity index (χ3v) is 4.78. The first-order valence-electron chi connectivity index (χ1n) is 6.90. The molecule has 3 nitrogen and oxygen atoms in total. The van der Waals surface area contributed by atoms with E-state index in [0.717, 1.165) is 18.1 Å². The number of nitrogens with zero attached hydrogens (tertiary/aromatic N) is 1. The van der Waals surface area contributed by atoms with E-state index < -0.39 is 0 Å². The zero-order chi connectivity index (χ0) is 11.0. The molecular weight excluding hydrogens is 200 g/mol. The number of ether oxygens (including phenoxy) is 1. The summed E-state index contributed by atoms with van der Waals surface area (Å²) in [6.45, 7) is 2.56. The van der Waals surface area contributed by atoms with Crippen molar-refractivity contribution in [1.29, 1.82) is 0 Å². The van der Waals surface area contributed by atoms with Crippen molar-refractivity contribution >= 4 is 0 Å². The number of methoxy groups -OCH3 is 1. The van der Waals surface area contributed by atoms with E-state index in [9.17, 15) is 0 Å². The highest BCUT2D eigenvalue weighted by atomic mass is 16.5. The van der Waals surface area contributed by atoms with E-state index in [0.29, 0.717) is 6.10 Å². The van der Waals surface area contributed by atoms with Crippen LogP contribution in [0.5, 0.6) is 0 Å². The smallest absolute Gasteiger partial charge is 0.0601 e. The Labute approximate surface area is 98.5 Å². The van der Waals surface area contributed by atoms with Crippen molar-refractivity contribution in [2.24, 2.45) is 0 Å². The van der Waals surface area contributed by atoms with Crippen LogP contribution in [0.15, 0.2) is 0 Å². The summed E-state index contributed by atoms with van der Waals surface area (Å²) >= 11 is 0. The van der Waals surface area contributed by atoms with Gasteiger partial charge < -0.3 is 10.1 Å². The van der Waals surface area contributed by atoms with Crippen molar-refractivity contribution in [3.63, 3.8) is 0 Å². The molecule has 3 rings (SSSR count). The van der Waals surface area contributed by atoms with Gasteiger partial charge in [0.25, 0.3) is 0 Å².